The summed E-state index contributed by atoms with van der Waals surface area (Å²) in [5.74, 6) is -1.07. The molecule has 0 radical (unpaired) electrons. The van der Waals surface area contributed by atoms with Crippen molar-refractivity contribution in [2.24, 2.45) is 5.92 Å². The fraction of sp³-hybridized carbons (Fsp3) is 0.591. The quantitative estimate of drug-likeness (QED) is 0.540. The lowest BCUT2D eigenvalue weighted by molar-refractivity contribution is -0.128. The smallest absolute Gasteiger partial charge is 0.408 e. The number of alkyl carbamates (subject to hydrolysis) is 1. The fourth-order valence-electron chi connectivity index (χ4n) is 2.90. The number of aryl methyl sites for hydroxylation is 2. The van der Waals surface area contributed by atoms with E-state index in [1.807, 2.05) is 13.8 Å². The van der Waals surface area contributed by atoms with E-state index < -0.39 is 35.6 Å². The van der Waals surface area contributed by atoms with Gasteiger partial charge < -0.3 is 25.8 Å². The standard InChI is InChI=1S/C22H35N3O5/c1-12(2)18(25-21(29)30-22(6,7)8)20(28)23-15(5)19(27)24-16-9-13(3)17(11-26)14(4)10-16/h9-10,12,15,18,26H,11H2,1-8H3,(H,23,28)(H,24,27)(H,25,29)/t15-,18-/m0/s1. The molecule has 8 nitrogen and oxygen atoms in total. The van der Waals surface area contributed by atoms with Gasteiger partial charge in [-0.05, 0) is 76.3 Å². The Balaban J connectivity index is 2.78. The average molecular weight is 422 g/mol. The SMILES string of the molecule is Cc1cc(NC(=O)[C@H](C)NC(=O)[C@@H](NC(=O)OC(C)(C)C)C(C)C)cc(C)c1CO. The van der Waals surface area contributed by atoms with Gasteiger partial charge in [0.25, 0.3) is 0 Å². The lowest BCUT2D eigenvalue weighted by Crippen LogP contribution is -2.54. The molecular formula is C22H35N3O5. The number of amides is 3. The van der Waals surface area contributed by atoms with Crippen molar-refractivity contribution in [2.45, 2.75) is 79.7 Å². The zero-order chi connectivity index (χ0) is 23.2. The Morgan fingerprint density at radius 1 is 1.00 bits per heavy atom. The number of rotatable bonds is 7. The van der Waals surface area contributed by atoms with Crippen LogP contribution in [-0.2, 0) is 20.9 Å². The summed E-state index contributed by atoms with van der Waals surface area (Å²) in [6.07, 6.45) is -0.691. The number of ether oxygens (including phenoxy) is 1. The van der Waals surface area contributed by atoms with Crippen molar-refractivity contribution in [3.05, 3.63) is 28.8 Å². The summed E-state index contributed by atoms with van der Waals surface area (Å²) in [6, 6.07) is 1.87. The molecule has 0 bridgehead atoms. The molecule has 1 aromatic rings. The van der Waals surface area contributed by atoms with Crippen LogP contribution in [0.1, 0.15) is 58.2 Å². The number of anilines is 1. The Kier molecular flexibility index (Phi) is 8.84. The maximum absolute atomic E-state index is 12.7. The van der Waals surface area contributed by atoms with Crippen LogP contribution in [0.25, 0.3) is 0 Å². The molecule has 0 aliphatic rings. The molecule has 0 saturated carbocycles. The molecule has 4 N–H and O–H groups in total. The summed E-state index contributed by atoms with van der Waals surface area (Å²) < 4.78 is 5.21. The summed E-state index contributed by atoms with van der Waals surface area (Å²) in [5.41, 5.74) is 2.46. The molecule has 1 aromatic carbocycles. The normalized spacial score (nSPS) is 13.4. The van der Waals surface area contributed by atoms with Gasteiger partial charge in [-0.1, -0.05) is 13.8 Å². The predicted octanol–water partition coefficient (Wildman–Crippen LogP) is 2.79. The van der Waals surface area contributed by atoms with Gasteiger partial charge in [0, 0.05) is 5.69 Å². The van der Waals surface area contributed by atoms with Crippen LogP contribution in [0.4, 0.5) is 10.5 Å². The molecule has 3 amide bonds. The van der Waals surface area contributed by atoms with Crippen molar-refractivity contribution in [3.63, 3.8) is 0 Å². The molecule has 0 aliphatic carbocycles. The Morgan fingerprint density at radius 3 is 1.97 bits per heavy atom. The van der Waals surface area contributed by atoms with Gasteiger partial charge in [0.2, 0.25) is 11.8 Å². The number of hydrogen-bond donors (Lipinski definition) is 4. The lowest BCUT2D eigenvalue weighted by Gasteiger charge is -2.26. The van der Waals surface area contributed by atoms with Gasteiger partial charge in [0.1, 0.15) is 17.7 Å². The Hall–Kier alpha value is -2.61. The minimum absolute atomic E-state index is 0.0698. The number of benzene rings is 1. The first kappa shape index (κ1) is 25.4. The molecule has 0 spiro atoms. The van der Waals surface area contributed by atoms with E-state index in [2.05, 4.69) is 16.0 Å². The minimum atomic E-state index is -0.844. The largest absolute Gasteiger partial charge is 0.444 e. The van der Waals surface area contributed by atoms with E-state index in [4.69, 9.17) is 4.74 Å². The third-order valence-corrected chi connectivity index (χ3v) is 4.50. The van der Waals surface area contributed by atoms with Gasteiger partial charge in [-0.25, -0.2) is 4.79 Å². The van der Waals surface area contributed by atoms with Gasteiger partial charge >= 0.3 is 6.09 Å². The molecule has 0 fully saturated rings. The highest BCUT2D eigenvalue weighted by Gasteiger charge is 2.29. The van der Waals surface area contributed by atoms with Crippen molar-refractivity contribution in [3.8, 4) is 0 Å². The summed E-state index contributed by atoms with van der Waals surface area (Å²) >= 11 is 0. The molecule has 8 heteroatoms. The second-order valence-electron chi connectivity index (χ2n) is 8.83. The fourth-order valence-corrected chi connectivity index (χ4v) is 2.90. The molecule has 1 rings (SSSR count). The van der Waals surface area contributed by atoms with Crippen molar-refractivity contribution in [2.75, 3.05) is 5.32 Å². The van der Waals surface area contributed by atoms with Crippen LogP contribution < -0.4 is 16.0 Å². The van der Waals surface area contributed by atoms with E-state index in [1.54, 1.807) is 53.7 Å². The number of carbonyl (C=O) groups is 3. The number of aliphatic hydroxyl groups excluding tert-OH is 1. The van der Waals surface area contributed by atoms with Crippen molar-refractivity contribution < 1.29 is 24.2 Å². The number of hydrogen-bond acceptors (Lipinski definition) is 5. The summed E-state index contributed by atoms with van der Waals surface area (Å²) in [5, 5.41) is 17.4. The van der Waals surface area contributed by atoms with Crippen molar-refractivity contribution >= 4 is 23.6 Å². The first-order valence-electron chi connectivity index (χ1n) is 10.1. The number of carbonyl (C=O) groups excluding carboxylic acids is 3. The maximum atomic E-state index is 12.7. The van der Waals surface area contributed by atoms with Crippen LogP contribution in [0.2, 0.25) is 0 Å². The van der Waals surface area contributed by atoms with Gasteiger partial charge in [0.05, 0.1) is 6.61 Å². The highest BCUT2D eigenvalue weighted by Crippen LogP contribution is 2.20. The topological polar surface area (TPSA) is 117 Å². The molecule has 0 saturated heterocycles. The summed E-state index contributed by atoms with van der Waals surface area (Å²) in [7, 11) is 0. The molecule has 168 valence electrons. The third-order valence-electron chi connectivity index (χ3n) is 4.50. The summed E-state index contributed by atoms with van der Waals surface area (Å²) in [4.78, 5) is 37.2. The van der Waals surface area contributed by atoms with E-state index in [9.17, 15) is 19.5 Å². The Morgan fingerprint density at radius 2 is 1.53 bits per heavy atom. The first-order chi connectivity index (χ1) is 13.7. The Bertz CT molecular complexity index is 760. The van der Waals surface area contributed by atoms with Crippen LogP contribution in [0.5, 0.6) is 0 Å². The highest BCUT2D eigenvalue weighted by atomic mass is 16.6. The van der Waals surface area contributed by atoms with E-state index >= 15 is 0 Å². The van der Waals surface area contributed by atoms with Crippen molar-refractivity contribution in [1.29, 1.82) is 0 Å². The van der Waals surface area contributed by atoms with Crippen LogP contribution in [-0.4, -0.2) is 40.7 Å². The molecule has 0 unspecified atom stereocenters. The van der Waals surface area contributed by atoms with E-state index in [0.717, 1.165) is 16.7 Å². The van der Waals surface area contributed by atoms with Crippen LogP contribution >= 0.6 is 0 Å². The molecular weight excluding hydrogens is 386 g/mol. The van der Waals surface area contributed by atoms with Gasteiger partial charge in [-0.3, -0.25) is 9.59 Å². The van der Waals surface area contributed by atoms with Crippen LogP contribution in [0, 0.1) is 19.8 Å². The third kappa shape index (κ3) is 7.67. The average Bonchev–Trinajstić information content (AvgIpc) is 2.57. The Labute approximate surface area is 178 Å². The van der Waals surface area contributed by atoms with Gasteiger partial charge in [0.15, 0.2) is 0 Å². The molecule has 30 heavy (non-hydrogen) atoms. The lowest BCUT2D eigenvalue weighted by atomic mass is 10.0. The molecule has 0 aliphatic heterocycles. The zero-order valence-electron chi connectivity index (χ0n) is 19.2. The zero-order valence-corrected chi connectivity index (χ0v) is 19.2. The highest BCUT2D eigenvalue weighted by molar-refractivity contribution is 5.98. The van der Waals surface area contributed by atoms with E-state index in [0.29, 0.717) is 5.69 Å². The second kappa shape index (κ2) is 10.4. The maximum Gasteiger partial charge on any atom is 0.408 e. The second-order valence-corrected chi connectivity index (χ2v) is 8.83. The van der Waals surface area contributed by atoms with Crippen LogP contribution in [0.15, 0.2) is 12.1 Å². The summed E-state index contributed by atoms with van der Waals surface area (Å²) in [6.45, 7) is 14.0. The van der Waals surface area contributed by atoms with Crippen LogP contribution in [0.3, 0.4) is 0 Å². The predicted molar refractivity (Wildman–Crippen MR) is 116 cm³/mol. The number of aliphatic hydroxyl groups is 1. The van der Waals surface area contributed by atoms with Gasteiger partial charge in [-0.2, -0.15) is 0 Å². The van der Waals surface area contributed by atoms with Crippen molar-refractivity contribution in [1.82, 2.24) is 10.6 Å². The first-order valence-corrected chi connectivity index (χ1v) is 10.1. The monoisotopic (exact) mass is 421 g/mol. The molecule has 0 heterocycles. The number of nitrogens with one attached hydrogen (secondary N) is 3. The van der Waals surface area contributed by atoms with E-state index in [-0.39, 0.29) is 12.5 Å². The molecule has 2 atom stereocenters. The minimum Gasteiger partial charge on any atom is -0.444 e. The van der Waals surface area contributed by atoms with Gasteiger partial charge in [-0.15, -0.1) is 0 Å². The molecule has 0 aromatic heterocycles. The van der Waals surface area contributed by atoms with E-state index in [1.165, 1.54) is 0 Å².